The van der Waals surface area contributed by atoms with Gasteiger partial charge in [0.2, 0.25) is 0 Å². The SMILES string of the molecule is CSC1(CNC(C)C2CC2)CCOCC1. The molecule has 0 aromatic carbocycles. The number of ether oxygens (including phenoxy) is 1. The predicted octanol–water partition coefficient (Wildman–Crippen LogP) is 2.29. The van der Waals surface area contributed by atoms with Crippen LogP contribution in [0.3, 0.4) is 0 Å². The molecule has 1 atom stereocenters. The van der Waals surface area contributed by atoms with Crippen LogP contribution in [0, 0.1) is 5.92 Å². The van der Waals surface area contributed by atoms with Crippen molar-refractivity contribution in [1.29, 1.82) is 0 Å². The highest BCUT2D eigenvalue weighted by atomic mass is 32.2. The fraction of sp³-hybridized carbons (Fsp3) is 1.00. The molecule has 0 bridgehead atoms. The van der Waals surface area contributed by atoms with Crippen molar-refractivity contribution in [2.75, 3.05) is 26.0 Å². The summed E-state index contributed by atoms with van der Waals surface area (Å²) in [6, 6.07) is 0.719. The number of hydrogen-bond acceptors (Lipinski definition) is 3. The van der Waals surface area contributed by atoms with E-state index in [1.165, 1.54) is 25.7 Å². The third kappa shape index (κ3) is 3.11. The van der Waals surface area contributed by atoms with Crippen LogP contribution in [0.25, 0.3) is 0 Å². The molecule has 0 aromatic heterocycles. The molecular formula is C12H23NOS. The van der Waals surface area contributed by atoms with Crippen LogP contribution in [0.1, 0.15) is 32.6 Å². The van der Waals surface area contributed by atoms with Crippen molar-refractivity contribution >= 4 is 11.8 Å². The van der Waals surface area contributed by atoms with Gasteiger partial charge < -0.3 is 10.1 Å². The minimum atomic E-state index is 0.446. The van der Waals surface area contributed by atoms with Gasteiger partial charge in [-0.05, 0) is 44.8 Å². The zero-order valence-corrected chi connectivity index (χ0v) is 10.7. The molecule has 2 rings (SSSR count). The van der Waals surface area contributed by atoms with Crippen LogP contribution in [0.2, 0.25) is 0 Å². The highest BCUT2D eigenvalue weighted by molar-refractivity contribution is 8.00. The molecule has 1 heterocycles. The fourth-order valence-electron chi connectivity index (χ4n) is 2.31. The van der Waals surface area contributed by atoms with Crippen molar-refractivity contribution in [2.45, 2.75) is 43.4 Å². The van der Waals surface area contributed by atoms with Crippen LogP contribution >= 0.6 is 11.8 Å². The molecule has 0 amide bonds. The van der Waals surface area contributed by atoms with Gasteiger partial charge >= 0.3 is 0 Å². The summed E-state index contributed by atoms with van der Waals surface area (Å²) in [6.07, 6.45) is 7.53. The van der Waals surface area contributed by atoms with Crippen LogP contribution in [0.4, 0.5) is 0 Å². The molecule has 1 saturated carbocycles. The normalized spacial score (nSPS) is 27.6. The Morgan fingerprint density at radius 3 is 2.60 bits per heavy atom. The molecule has 0 spiro atoms. The molecule has 15 heavy (non-hydrogen) atoms. The van der Waals surface area contributed by atoms with Gasteiger partial charge in [0, 0.05) is 30.5 Å². The molecule has 3 heteroatoms. The monoisotopic (exact) mass is 229 g/mol. The Morgan fingerprint density at radius 1 is 1.40 bits per heavy atom. The maximum Gasteiger partial charge on any atom is 0.0479 e. The molecule has 1 saturated heterocycles. The Morgan fingerprint density at radius 2 is 2.07 bits per heavy atom. The van der Waals surface area contributed by atoms with Crippen LogP contribution in [-0.2, 0) is 4.74 Å². The van der Waals surface area contributed by atoms with E-state index >= 15 is 0 Å². The fourth-order valence-corrected chi connectivity index (χ4v) is 3.11. The first kappa shape index (κ1) is 11.7. The van der Waals surface area contributed by atoms with E-state index in [0.717, 1.165) is 31.7 Å². The van der Waals surface area contributed by atoms with E-state index in [-0.39, 0.29) is 0 Å². The van der Waals surface area contributed by atoms with Gasteiger partial charge in [0.15, 0.2) is 0 Å². The van der Waals surface area contributed by atoms with Crippen molar-refractivity contribution in [3.05, 3.63) is 0 Å². The predicted molar refractivity (Wildman–Crippen MR) is 66.5 cm³/mol. The molecule has 0 radical (unpaired) electrons. The molecule has 1 unspecified atom stereocenters. The quantitative estimate of drug-likeness (QED) is 0.781. The zero-order chi connectivity index (χ0) is 10.7. The highest BCUT2D eigenvalue weighted by Gasteiger charge is 2.34. The third-order valence-corrected chi connectivity index (χ3v) is 5.33. The molecule has 1 N–H and O–H groups in total. The van der Waals surface area contributed by atoms with Gasteiger partial charge in [-0.15, -0.1) is 0 Å². The van der Waals surface area contributed by atoms with Gasteiger partial charge in [0.1, 0.15) is 0 Å². The standard InChI is InChI=1S/C12H23NOS/c1-10(11-3-4-11)13-9-12(15-2)5-7-14-8-6-12/h10-11,13H,3-9H2,1-2H3. The molecular weight excluding hydrogens is 206 g/mol. The lowest BCUT2D eigenvalue weighted by Gasteiger charge is -2.36. The highest BCUT2D eigenvalue weighted by Crippen LogP contribution is 2.35. The van der Waals surface area contributed by atoms with Crippen molar-refractivity contribution < 1.29 is 4.74 Å². The first-order chi connectivity index (χ1) is 7.26. The second kappa shape index (κ2) is 5.07. The van der Waals surface area contributed by atoms with Gasteiger partial charge in [-0.2, -0.15) is 11.8 Å². The molecule has 2 aliphatic rings. The summed E-state index contributed by atoms with van der Waals surface area (Å²) < 4.78 is 5.90. The van der Waals surface area contributed by atoms with E-state index in [4.69, 9.17) is 4.74 Å². The van der Waals surface area contributed by atoms with Gasteiger partial charge in [-0.3, -0.25) is 0 Å². The van der Waals surface area contributed by atoms with E-state index in [1.54, 1.807) is 0 Å². The maximum atomic E-state index is 5.45. The Balaban J connectivity index is 1.78. The smallest absolute Gasteiger partial charge is 0.0479 e. The second-order valence-electron chi connectivity index (χ2n) is 5.01. The first-order valence-corrected chi connectivity index (χ1v) is 7.34. The average molecular weight is 229 g/mol. The Labute approximate surface area is 97.5 Å². The lowest BCUT2D eigenvalue weighted by atomic mass is 9.98. The second-order valence-corrected chi connectivity index (χ2v) is 6.28. The summed E-state index contributed by atoms with van der Waals surface area (Å²) in [4.78, 5) is 0. The van der Waals surface area contributed by atoms with E-state index in [9.17, 15) is 0 Å². The van der Waals surface area contributed by atoms with Gasteiger partial charge in [-0.25, -0.2) is 0 Å². The van der Waals surface area contributed by atoms with Gasteiger partial charge in [0.25, 0.3) is 0 Å². The Kier molecular flexibility index (Phi) is 3.97. The summed E-state index contributed by atoms with van der Waals surface area (Å²) in [6.45, 7) is 5.39. The minimum absolute atomic E-state index is 0.446. The minimum Gasteiger partial charge on any atom is -0.381 e. The Bertz CT molecular complexity index is 200. The molecule has 88 valence electrons. The summed E-state index contributed by atoms with van der Waals surface area (Å²) in [5, 5.41) is 3.73. The molecule has 2 nitrogen and oxygen atoms in total. The van der Waals surface area contributed by atoms with Crippen LogP contribution in [-0.4, -0.2) is 36.8 Å². The zero-order valence-electron chi connectivity index (χ0n) is 9.92. The van der Waals surface area contributed by atoms with E-state index in [0.29, 0.717) is 4.75 Å². The van der Waals surface area contributed by atoms with E-state index in [2.05, 4.69) is 18.5 Å². The summed E-state index contributed by atoms with van der Waals surface area (Å²) in [5.41, 5.74) is 0. The van der Waals surface area contributed by atoms with Crippen LogP contribution in [0.5, 0.6) is 0 Å². The molecule has 0 aromatic rings. The molecule has 1 aliphatic heterocycles. The number of nitrogens with one attached hydrogen (secondary N) is 1. The average Bonchev–Trinajstić information content (AvgIpc) is 3.11. The van der Waals surface area contributed by atoms with Gasteiger partial charge in [0.05, 0.1) is 0 Å². The van der Waals surface area contributed by atoms with Crippen molar-refractivity contribution in [3.63, 3.8) is 0 Å². The maximum absolute atomic E-state index is 5.45. The number of thioether (sulfide) groups is 1. The number of rotatable bonds is 5. The largest absolute Gasteiger partial charge is 0.381 e. The van der Waals surface area contributed by atoms with Gasteiger partial charge in [-0.1, -0.05) is 0 Å². The molecule has 2 fully saturated rings. The van der Waals surface area contributed by atoms with Crippen molar-refractivity contribution in [3.8, 4) is 0 Å². The van der Waals surface area contributed by atoms with Crippen molar-refractivity contribution in [2.24, 2.45) is 5.92 Å². The third-order valence-electron chi connectivity index (χ3n) is 3.91. The summed E-state index contributed by atoms with van der Waals surface area (Å²) in [5.74, 6) is 0.962. The van der Waals surface area contributed by atoms with E-state index in [1.807, 2.05) is 11.8 Å². The summed E-state index contributed by atoms with van der Waals surface area (Å²) >= 11 is 2.02. The topological polar surface area (TPSA) is 21.3 Å². The number of hydrogen-bond donors (Lipinski definition) is 1. The molecule has 1 aliphatic carbocycles. The van der Waals surface area contributed by atoms with Crippen LogP contribution < -0.4 is 5.32 Å². The van der Waals surface area contributed by atoms with Crippen molar-refractivity contribution in [1.82, 2.24) is 5.32 Å². The van der Waals surface area contributed by atoms with Crippen LogP contribution in [0.15, 0.2) is 0 Å². The Hall–Kier alpha value is 0.270. The summed E-state index contributed by atoms with van der Waals surface area (Å²) in [7, 11) is 0. The first-order valence-electron chi connectivity index (χ1n) is 6.12. The van der Waals surface area contributed by atoms with E-state index < -0.39 is 0 Å². The lowest BCUT2D eigenvalue weighted by molar-refractivity contribution is 0.0765. The lowest BCUT2D eigenvalue weighted by Crippen LogP contribution is -2.45.